The van der Waals surface area contributed by atoms with E-state index >= 15 is 0 Å². The van der Waals surface area contributed by atoms with Crippen LogP contribution in [0.5, 0.6) is 0 Å². The highest BCUT2D eigenvalue weighted by molar-refractivity contribution is 7.79. The van der Waals surface area contributed by atoms with Gasteiger partial charge in [-0.2, -0.15) is 0 Å². The molecule has 0 bridgehead atoms. The van der Waals surface area contributed by atoms with Gasteiger partial charge < -0.3 is 14.4 Å². The maximum absolute atomic E-state index is 10.4. The molecule has 0 radical (unpaired) electrons. The van der Waals surface area contributed by atoms with Crippen LogP contribution < -0.4 is 0 Å². The molecular formula is C8H18N2O2S. The number of hydrogen-bond acceptors (Lipinski definition) is 3. The molecule has 0 aromatic carbocycles. The molecule has 0 saturated carbocycles. The van der Waals surface area contributed by atoms with E-state index in [2.05, 4.69) is 16.8 Å². The number of likely N-dealkylation sites (N-methyl/N-ethyl adjacent to an activating group) is 1. The van der Waals surface area contributed by atoms with Crippen LogP contribution in [-0.4, -0.2) is 64.1 Å². The fourth-order valence-corrected chi connectivity index (χ4v) is 1.86. The van der Waals surface area contributed by atoms with Gasteiger partial charge in [0.1, 0.15) is 0 Å². The van der Waals surface area contributed by atoms with E-state index in [1.165, 1.54) is 0 Å². The highest BCUT2D eigenvalue weighted by Crippen LogP contribution is 2.00. The van der Waals surface area contributed by atoms with Crippen molar-refractivity contribution in [2.45, 2.75) is 6.42 Å². The van der Waals surface area contributed by atoms with Crippen molar-refractivity contribution in [3.8, 4) is 0 Å². The van der Waals surface area contributed by atoms with Crippen molar-refractivity contribution in [3.63, 3.8) is 0 Å². The van der Waals surface area contributed by atoms with Crippen molar-refractivity contribution < 1.29 is 8.76 Å². The summed E-state index contributed by atoms with van der Waals surface area (Å²) in [7, 11) is 2.13. The Morgan fingerprint density at radius 1 is 1.31 bits per heavy atom. The topological polar surface area (TPSA) is 43.8 Å². The highest BCUT2D eigenvalue weighted by atomic mass is 32.2. The monoisotopic (exact) mass is 206 g/mol. The first kappa shape index (κ1) is 11.1. The van der Waals surface area contributed by atoms with Gasteiger partial charge in [-0.15, -0.1) is 0 Å². The molecule has 78 valence electrons. The first-order valence-electron chi connectivity index (χ1n) is 4.67. The summed E-state index contributed by atoms with van der Waals surface area (Å²) in [6.07, 6.45) is 0.826. The van der Waals surface area contributed by atoms with Gasteiger partial charge in [-0.25, -0.2) is 4.21 Å². The molecule has 0 spiro atoms. The smallest absolute Gasteiger partial charge is 0.152 e. The molecule has 13 heavy (non-hydrogen) atoms. The number of nitrogens with zero attached hydrogens (tertiary/aromatic N) is 2. The van der Waals surface area contributed by atoms with E-state index in [1.54, 1.807) is 0 Å². The molecule has 1 aliphatic rings. The highest BCUT2D eigenvalue weighted by Gasteiger charge is 2.12. The molecule has 1 atom stereocenters. The maximum Gasteiger partial charge on any atom is 0.152 e. The van der Waals surface area contributed by atoms with Gasteiger partial charge in [0.2, 0.25) is 0 Å². The van der Waals surface area contributed by atoms with Crippen molar-refractivity contribution in [2.75, 3.05) is 45.5 Å². The van der Waals surface area contributed by atoms with Crippen LogP contribution in [-0.2, 0) is 11.1 Å². The second-order valence-electron chi connectivity index (χ2n) is 3.52. The minimum atomic E-state index is -1.61. The van der Waals surface area contributed by atoms with E-state index < -0.39 is 11.1 Å². The Hall–Kier alpha value is 0.0300. The number of hydrogen-bond donors (Lipinski definition) is 1. The molecule has 1 fully saturated rings. The first-order valence-corrected chi connectivity index (χ1v) is 5.94. The van der Waals surface area contributed by atoms with Crippen LogP contribution in [0.4, 0.5) is 0 Å². The first-order chi connectivity index (χ1) is 6.18. The number of rotatable bonds is 4. The SMILES string of the molecule is CN1CCN(CCCS(=O)O)CC1. The predicted molar refractivity (Wildman–Crippen MR) is 54.2 cm³/mol. The Balaban J connectivity index is 2.05. The zero-order chi connectivity index (χ0) is 9.68. The fraction of sp³-hybridized carbons (Fsp3) is 1.00. The summed E-state index contributed by atoms with van der Waals surface area (Å²) in [4.78, 5) is 4.66. The van der Waals surface area contributed by atoms with Crippen LogP contribution in [0.15, 0.2) is 0 Å². The Bertz CT molecular complexity index is 170. The molecule has 0 aromatic rings. The summed E-state index contributed by atoms with van der Waals surface area (Å²) in [5.41, 5.74) is 0. The van der Waals surface area contributed by atoms with Crippen LogP contribution in [0.2, 0.25) is 0 Å². The molecule has 1 aliphatic heterocycles. The second kappa shape index (κ2) is 5.70. The van der Waals surface area contributed by atoms with Crippen molar-refractivity contribution in [2.24, 2.45) is 0 Å². The van der Waals surface area contributed by atoms with Gasteiger partial charge in [0.05, 0.1) is 5.75 Å². The predicted octanol–water partition coefficient (Wildman–Crippen LogP) is -0.154. The Kier molecular flexibility index (Phi) is 4.87. The van der Waals surface area contributed by atoms with E-state index in [4.69, 9.17) is 4.55 Å². The van der Waals surface area contributed by atoms with Crippen molar-refractivity contribution >= 4 is 11.1 Å². The average molecular weight is 206 g/mol. The van der Waals surface area contributed by atoms with E-state index in [0.29, 0.717) is 5.75 Å². The van der Waals surface area contributed by atoms with Crippen molar-refractivity contribution in [3.05, 3.63) is 0 Å². The molecule has 4 nitrogen and oxygen atoms in total. The molecule has 0 aliphatic carbocycles. The quantitative estimate of drug-likeness (QED) is 0.650. The van der Waals surface area contributed by atoms with E-state index in [9.17, 15) is 4.21 Å². The van der Waals surface area contributed by atoms with Gasteiger partial charge >= 0.3 is 0 Å². The Morgan fingerprint density at radius 2 is 1.92 bits per heavy atom. The second-order valence-corrected chi connectivity index (χ2v) is 4.58. The Morgan fingerprint density at radius 3 is 2.46 bits per heavy atom. The van der Waals surface area contributed by atoms with E-state index in [0.717, 1.165) is 39.1 Å². The molecular weight excluding hydrogens is 188 g/mol. The zero-order valence-electron chi connectivity index (χ0n) is 8.11. The molecule has 1 rings (SSSR count). The third-order valence-electron chi connectivity index (χ3n) is 2.39. The van der Waals surface area contributed by atoms with Crippen LogP contribution in [0.25, 0.3) is 0 Å². The van der Waals surface area contributed by atoms with Crippen LogP contribution in [0.3, 0.4) is 0 Å². The van der Waals surface area contributed by atoms with Crippen LogP contribution in [0, 0.1) is 0 Å². The summed E-state index contributed by atoms with van der Waals surface area (Å²) in [6.45, 7) is 5.37. The normalized spacial score (nSPS) is 23.2. The van der Waals surface area contributed by atoms with E-state index in [1.807, 2.05) is 0 Å². The molecule has 0 amide bonds. The molecule has 1 N–H and O–H groups in total. The largest absolute Gasteiger partial charge is 0.306 e. The van der Waals surface area contributed by atoms with Crippen molar-refractivity contribution in [1.82, 2.24) is 9.80 Å². The summed E-state index contributed by atoms with van der Waals surface area (Å²) in [6, 6.07) is 0. The summed E-state index contributed by atoms with van der Waals surface area (Å²) < 4.78 is 18.9. The molecule has 0 aromatic heterocycles. The lowest BCUT2D eigenvalue weighted by atomic mass is 10.3. The van der Waals surface area contributed by atoms with E-state index in [-0.39, 0.29) is 0 Å². The minimum absolute atomic E-state index is 0.409. The van der Waals surface area contributed by atoms with Crippen LogP contribution in [0.1, 0.15) is 6.42 Å². The molecule has 1 heterocycles. The summed E-state index contributed by atoms with van der Waals surface area (Å²) in [5.74, 6) is 0.409. The Labute approximate surface area is 82.2 Å². The van der Waals surface area contributed by atoms with Gasteiger partial charge in [-0.3, -0.25) is 0 Å². The van der Waals surface area contributed by atoms with Gasteiger partial charge in [-0.1, -0.05) is 0 Å². The molecule has 5 heteroatoms. The van der Waals surface area contributed by atoms with Gasteiger partial charge in [0.25, 0.3) is 0 Å². The molecule has 1 unspecified atom stereocenters. The summed E-state index contributed by atoms with van der Waals surface area (Å²) in [5, 5.41) is 0. The van der Waals surface area contributed by atoms with Gasteiger partial charge in [0.15, 0.2) is 11.1 Å². The maximum atomic E-state index is 10.4. The third kappa shape index (κ3) is 4.71. The number of piperazine rings is 1. The third-order valence-corrected chi connectivity index (χ3v) is 3.03. The fourth-order valence-electron chi connectivity index (χ4n) is 1.48. The lowest BCUT2D eigenvalue weighted by molar-refractivity contribution is 0.154. The van der Waals surface area contributed by atoms with Gasteiger partial charge in [0, 0.05) is 26.2 Å². The lowest BCUT2D eigenvalue weighted by Gasteiger charge is -2.32. The lowest BCUT2D eigenvalue weighted by Crippen LogP contribution is -2.44. The zero-order valence-corrected chi connectivity index (χ0v) is 8.92. The van der Waals surface area contributed by atoms with Crippen molar-refractivity contribution in [1.29, 1.82) is 0 Å². The summed E-state index contributed by atoms with van der Waals surface area (Å²) >= 11 is -1.61. The average Bonchev–Trinajstić information content (AvgIpc) is 2.08. The molecule has 1 saturated heterocycles. The van der Waals surface area contributed by atoms with Crippen LogP contribution >= 0.6 is 0 Å². The minimum Gasteiger partial charge on any atom is -0.306 e. The van der Waals surface area contributed by atoms with Gasteiger partial charge in [-0.05, 0) is 20.0 Å². The standard InChI is InChI=1S/C8H18N2O2S/c1-9-4-6-10(7-5-9)3-2-8-13(11)12/h2-8H2,1H3,(H,11,12).